The molecular weight excluding hydrogens is 233 g/mol. The molecule has 0 saturated carbocycles. The van der Waals surface area contributed by atoms with E-state index >= 15 is 0 Å². The lowest BCUT2D eigenvalue weighted by Gasteiger charge is -2.12. The summed E-state index contributed by atoms with van der Waals surface area (Å²) in [6.07, 6.45) is -4.41. The van der Waals surface area contributed by atoms with E-state index in [2.05, 4.69) is 4.74 Å². The van der Waals surface area contributed by atoms with E-state index in [1.807, 2.05) is 0 Å². The van der Waals surface area contributed by atoms with Crippen molar-refractivity contribution in [1.29, 1.82) is 0 Å². The fourth-order valence-electron chi connectivity index (χ4n) is 0.987. The molecule has 0 aliphatic rings. The van der Waals surface area contributed by atoms with E-state index in [-0.39, 0.29) is 16.3 Å². The quantitative estimate of drug-likeness (QED) is 0.880. The van der Waals surface area contributed by atoms with Crippen LogP contribution in [0.2, 0.25) is 5.02 Å². The number of rotatable bonds is 3. The first-order chi connectivity index (χ1) is 6.94. The number of alkyl halides is 3. The van der Waals surface area contributed by atoms with Crippen molar-refractivity contribution in [3.8, 4) is 5.75 Å². The second-order valence-electron chi connectivity index (χ2n) is 2.78. The monoisotopic (exact) mass is 240 g/mol. The van der Waals surface area contributed by atoms with E-state index in [1.165, 1.54) is 18.2 Å². The molecule has 1 N–H and O–H groups in total. The maximum absolute atomic E-state index is 11.9. The highest BCUT2D eigenvalue weighted by Gasteiger charge is 2.28. The fraction of sp³-hybridized carbons (Fsp3) is 0.333. The molecule has 0 bridgehead atoms. The highest BCUT2D eigenvalue weighted by molar-refractivity contribution is 6.31. The van der Waals surface area contributed by atoms with E-state index in [1.54, 1.807) is 0 Å². The molecule has 0 aliphatic heterocycles. The number of aliphatic hydroxyl groups excluding tert-OH is 1. The fourth-order valence-corrected chi connectivity index (χ4v) is 1.21. The van der Waals surface area contributed by atoms with E-state index in [0.717, 1.165) is 0 Å². The molecule has 0 heterocycles. The number of hydrogen-bond donors (Lipinski definition) is 1. The zero-order valence-electron chi connectivity index (χ0n) is 7.51. The molecule has 0 amide bonds. The van der Waals surface area contributed by atoms with Gasteiger partial charge >= 0.3 is 6.18 Å². The Labute approximate surface area is 89.2 Å². The van der Waals surface area contributed by atoms with Gasteiger partial charge in [0.05, 0.1) is 6.61 Å². The van der Waals surface area contributed by atoms with E-state index in [4.69, 9.17) is 16.7 Å². The van der Waals surface area contributed by atoms with Gasteiger partial charge in [-0.1, -0.05) is 17.7 Å². The van der Waals surface area contributed by atoms with Crippen LogP contribution in [0.4, 0.5) is 13.2 Å². The van der Waals surface area contributed by atoms with Crippen LogP contribution in [0.15, 0.2) is 18.2 Å². The van der Waals surface area contributed by atoms with Gasteiger partial charge in [-0.3, -0.25) is 0 Å². The summed E-state index contributed by atoms with van der Waals surface area (Å²) < 4.78 is 40.1. The summed E-state index contributed by atoms with van der Waals surface area (Å²) in [6, 6.07) is 4.24. The molecule has 1 aromatic rings. The topological polar surface area (TPSA) is 29.5 Å². The molecule has 0 aromatic heterocycles. The lowest BCUT2D eigenvalue weighted by atomic mass is 10.2. The maximum atomic E-state index is 11.9. The van der Waals surface area contributed by atoms with Crippen LogP contribution in [-0.4, -0.2) is 17.9 Å². The van der Waals surface area contributed by atoms with E-state index in [0.29, 0.717) is 0 Å². The molecule has 0 unspecified atom stereocenters. The van der Waals surface area contributed by atoms with Crippen LogP contribution in [0.25, 0.3) is 0 Å². The Bertz CT molecular complexity index is 339. The highest BCUT2D eigenvalue weighted by atomic mass is 35.5. The van der Waals surface area contributed by atoms with Crippen molar-refractivity contribution in [2.45, 2.75) is 12.8 Å². The third kappa shape index (κ3) is 3.60. The molecule has 0 atom stereocenters. The van der Waals surface area contributed by atoms with Crippen molar-refractivity contribution in [3.63, 3.8) is 0 Å². The summed E-state index contributed by atoms with van der Waals surface area (Å²) >= 11 is 5.66. The Morgan fingerprint density at radius 1 is 1.33 bits per heavy atom. The molecule has 0 spiro atoms. The summed E-state index contributed by atoms with van der Waals surface area (Å²) in [4.78, 5) is 0. The Morgan fingerprint density at radius 3 is 2.53 bits per heavy atom. The van der Waals surface area contributed by atoms with Gasteiger partial charge in [0.15, 0.2) is 6.61 Å². The average molecular weight is 241 g/mol. The molecule has 1 rings (SSSR count). The molecule has 0 aliphatic carbocycles. The van der Waals surface area contributed by atoms with Gasteiger partial charge in [0.2, 0.25) is 0 Å². The number of ether oxygens (including phenoxy) is 1. The van der Waals surface area contributed by atoms with Crippen LogP contribution in [0, 0.1) is 0 Å². The van der Waals surface area contributed by atoms with Gasteiger partial charge in [-0.15, -0.1) is 0 Å². The van der Waals surface area contributed by atoms with Gasteiger partial charge in [-0.05, 0) is 12.1 Å². The van der Waals surface area contributed by atoms with Gasteiger partial charge in [0.25, 0.3) is 0 Å². The minimum atomic E-state index is -4.41. The third-order valence-electron chi connectivity index (χ3n) is 1.63. The second-order valence-corrected chi connectivity index (χ2v) is 3.19. The minimum absolute atomic E-state index is 0.0534. The van der Waals surface area contributed by atoms with Gasteiger partial charge < -0.3 is 9.84 Å². The van der Waals surface area contributed by atoms with Crippen LogP contribution in [-0.2, 0) is 6.61 Å². The first-order valence-electron chi connectivity index (χ1n) is 4.02. The largest absolute Gasteiger partial charge is 0.484 e. The zero-order valence-corrected chi connectivity index (χ0v) is 8.27. The number of hydrogen-bond acceptors (Lipinski definition) is 2. The smallest absolute Gasteiger partial charge is 0.422 e. The molecule has 1 aromatic carbocycles. The van der Waals surface area contributed by atoms with Gasteiger partial charge in [0.1, 0.15) is 5.75 Å². The Hall–Kier alpha value is -0.940. The Kier molecular flexibility index (Phi) is 3.82. The third-order valence-corrected chi connectivity index (χ3v) is 1.98. The standard InChI is InChI=1S/C9H8ClF3O2/c10-7-2-1-3-8(6(7)4-14)15-5-9(11,12)13/h1-3,14H,4-5H2. The molecular formula is C9H8ClF3O2. The van der Waals surface area contributed by atoms with Gasteiger partial charge in [-0.25, -0.2) is 0 Å². The second kappa shape index (κ2) is 4.72. The maximum Gasteiger partial charge on any atom is 0.422 e. The van der Waals surface area contributed by atoms with Crippen molar-refractivity contribution in [2.24, 2.45) is 0 Å². The van der Waals surface area contributed by atoms with Crippen LogP contribution >= 0.6 is 11.6 Å². The molecule has 0 radical (unpaired) electrons. The SMILES string of the molecule is OCc1c(Cl)cccc1OCC(F)(F)F. The normalized spacial score (nSPS) is 11.5. The summed E-state index contributed by atoms with van der Waals surface area (Å²) in [5.74, 6) is -0.0534. The lowest BCUT2D eigenvalue weighted by molar-refractivity contribution is -0.153. The number of benzene rings is 1. The van der Waals surface area contributed by atoms with Gasteiger partial charge in [0, 0.05) is 10.6 Å². The van der Waals surface area contributed by atoms with Crippen LogP contribution in [0.5, 0.6) is 5.75 Å². The summed E-state index contributed by atoms with van der Waals surface area (Å²) in [6.45, 7) is -1.87. The first kappa shape index (κ1) is 12.1. The summed E-state index contributed by atoms with van der Waals surface area (Å²) in [7, 11) is 0. The van der Waals surface area contributed by atoms with Crippen LogP contribution < -0.4 is 4.74 Å². The van der Waals surface area contributed by atoms with Gasteiger partial charge in [-0.2, -0.15) is 13.2 Å². The van der Waals surface area contributed by atoms with E-state index in [9.17, 15) is 13.2 Å². The Morgan fingerprint density at radius 2 is 2.00 bits per heavy atom. The average Bonchev–Trinajstić information content (AvgIpc) is 2.13. The number of halogens is 4. The summed E-state index contributed by atoms with van der Waals surface area (Å²) in [5, 5.41) is 9.06. The lowest BCUT2D eigenvalue weighted by Crippen LogP contribution is -2.19. The predicted octanol–water partition coefficient (Wildman–Crippen LogP) is 2.77. The molecule has 2 nitrogen and oxygen atoms in total. The molecule has 0 fully saturated rings. The van der Waals surface area contributed by atoms with Crippen LogP contribution in [0.1, 0.15) is 5.56 Å². The number of aliphatic hydroxyl groups is 1. The molecule has 84 valence electrons. The van der Waals surface area contributed by atoms with Crippen molar-refractivity contribution in [2.75, 3.05) is 6.61 Å². The molecule has 6 heteroatoms. The Balaban J connectivity index is 2.81. The van der Waals surface area contributed by atoms with E-state index < -0.39 is 19.4 Å². The zero-order chi connectivity index (χ0) is 11.5. The first-order valence-corrected chi connectivity index (χ1v) is 4.39. The van der Waals surface area contributed by atoms with Crippen molar-refractivity contribution in [3.05, 3.63) is 28.8 Å². The summed E-state index contributed by atoms with van der Waals surface area (Å²) in [5.41, 5.74) is 0.156. The van der Waals surface area contributed by atoms with Crippen molar-refractivity contribution < 1.29 is 23.0 Å². The molecule has 0 saturated heterocycles. The van der Waals surface area contributed by atoms with Crippen LogP contribution in [0.3, 0.4) is 0 Å². The van der Waals surface area contributed by atoms with Crippen molar-refractivity contribution >= 4 is 11.6 Å². The highest BCUT2D eigenvalue weighted by Crippen LogP contribution is 2.27. The molecule has 15 heavy (non-hydrogen) atoms. The predicted molar refractivity (Wildman–Crippen MR) is 48.9 cm³/mol. The minimum Gasteiger partial charge on any atom is -0.484 e. The van der Waals surface area contributed by atoms with Crippen molar-refractivity contribution in [1.82, 2.24) is 0 Å².